The summed E-state index contributed by atoms with van der Waals surface area (Å²) in [5.74, 6) is 0. The molecule has 1 N–H and O–H groups in total. The monoisotopic (exact) mass is 215 g/mol. The van der Waals surface area contributed by atoms with Crippen LogP contribution in [0.1, 0.15) is 16.8 Å². The zero-order valence-corrected chi connectivity index (χ0v) is 9.99. The third kappa shape index (κ3) is 2.14. The first-order valence-corrected chi connectivity index (χ1v) is 5.47. The molecule has 0 bridgehead atoms. The molecular weight excluding hydrogens is 198 g/mol. The number of nitrogens with zero attached hydrogens (tertiary/aromatic N) is 2. The van der Waals surface area contributed by atoms with Crippen molar-refractivity contribution in [2.75, 3.05) is 7.05 Å². The van der Waals surface area contributed by atoms with E-state index in [1.165, 1.54) is 11.1 Å². The summed E-state index contributed by atoms with van der Waals surface area (Å²) in [6, 6.07) is 8.35. The fourth-order valence-corrected chi connectivity index (χ4v) is 1.76. The van der Waals surface area contributed by atoms with Crippen LogP contribution in [0.3, 0.4) is 0 Å². The van der Waals surface area contributed by atoms with Crippen molar-refractivity contribution in [1.82, 2.24) is 15.1 Å². The van der Waals surface area contributed by atoms with Crippen LogP contribution in [-0.2, 0) is 6.54 Å². The van der Waals surface area contributed by atoms with E-state index in [0.717, 1.165) is 17.9 Å². The second kappa shape index (κ2) is 4.49. The Labute approximate surface area is 96.1 Å². The molecule has 0 atom stereocenters. The van der Waals surface area contributed by atoms with Gasteiger partial charge in [0.25, 0.3) is 0 Å². The summed E-state index contributed by atoms with van der Waals surface area (Å²) in [5, 5.41) is 7.66. The SMILES string of the molecule is CNCc1cn(-c2cccc(C)c2)nc1C. The van der Waals surface area contributed by atoms with Crippen LogP contribution in [0.25, 0.3) is 5.69 Å². The van der Waals surface area contributed by atoms with Gasteiger partial charge in [-0.15, -0.1) is 0 Å². The van der Waals surface area contributed by atoms with Crippen molar-refractivity contribution >= 4 is 0 Å². The highest BCUT2D eigenvalue weighted by Crippen LogP contribution is 2.13. The lowest BCUT2D eigenvalue weighted by Crippen LogP contribution is -2.05. The topological polar surface area (TPSA) is 29.9 Å². The molecule has 0 spiro atoms. The normalized spacial score (nSPS) is 10.7. The van der Waals surface area contributed by atoms with Gasteiger partial charge in [0, 0.05) is 18.3 Å². The summed E-state index contributed by atoms with van der Waals surface area (Å²) in [5.41, 5.74) is 4.69. The summed E-state index contributed by atoms with van der Waals surface area (Å²) in [6.07, 6.45) is 2.08. The number of hydrogen-bond donors (Lipinski definition) is 1. The number of aromatic nitrogens is 2. The molecule has 2 rings (SSSR count). The number of aryl methyl sites for hydroxylation is 2. The highest BCUT2D eigenvalue weighted by Gasteiger charge is 2.05. The third-order valence-electron chi connectivity index (χ3n) is 2.63. The van der Waals surface area contributed by atoms with Crippen LogP contribution in [0.2, 0.25) is 0 Å². The van der Waals surface area contributed by atoms with Gasteiger partial charge in [0.15, 0.2) is 0 Å². The van der Waals surface area contributed by atoms with Crippen LogP contribution in [0, 0.1) is 13.8 Å². The lowest BCUT2D eigenvalue weighted by molar-refractivity contribution is 0.812. The molecule has 0 saturated heterocycles. The molecule has 0 saturated carbocycles. The van der Waals surface area contributed by atoms with E-state index >= 15 is 0 Å². The minimum atomic E-state index is 0.859. The van der Waals surface area contributed by atoms with E-state index in [0.29, 0.717) is 0 Å². The Morgan fingerprint density at radius 2 is 2.12 bits per heavy atom. The second-order valence-electron chi connectivity index (χ2n) is 4.05. The van der Waals surface area contributed by atoms with Crippen molar-refractivity contribution < 1.29 is 0 Å². The molecule has 0 fully saturated rings. The lowest BCUT2D eigenvalue weighted by Gasteiger charge is -2.01. The summed E-state index contributed by atoms with van der Waals surface area (Å²) < 4.78 is 1.94. The maximum atomic E-state index is 4.52. The van der Waals surface area contributed by atoms with Gasteiger partial charge in [0.1, 0.15) is 0 Å². The van der Waals surface area contributed by atoms with Gasteiger partial charge in [-0.1, -0.05) is 12.1 Å². The van der Waals surface area contributed by atoms with Crippen molar-refractivity contribution in [3.63, 3.8) is 0 Å². The maximum Gasteiger partial charge on any atom is 0.0648 e. The quantitative estimate of drug-likeness (QED) is 0.850. The first-order chi connectivity index (χ1) is 7.70. The molecule has 2 aromatic rings. The van der Waals surface area contributed by atoms with Crippen LogP contribution in [-0.4, -0.2) is 16.8 Å². The lowest BCUT2D eigenvalue weighted by atomic mass is 10.2. The molecule has 16 heavy (non-hydrogen) atoms. The Balaban J connectivity index is 2.37. The highest BCUT2D eigenvalue weighted by molar-refractivity contribution is 5.36. The van der Waals surface area contributed by atoms with E-state index in [1.54, 1.807) is 0 Å². The summed E-state index contributed by atoms with van der Waals surface area (Å²) in [7, 11) is 1.95. The molecule has 1 heterocycles. The molecule has 0 aliphatic carbocycles. The van der Waals surface area contributed by atoms with E-state index < -0.39 is 0 Å². The fraction of sp³-hybridized carbons (Fsp3) is 0.308. The maximum absolute atomic E-state index is 4.52. The Bertz CT molecular complexity index is 486. The van der Waals surface area contributed by atoms with E-state index in [2.05, 4.69) is 47.8 Å². The van der Waals surface area contributed by atoms with Crippen molar-refractivity contribution in [1.29, 1.82) is 0 Å². The van der Waals surface area contributed by atoms with E-state index in [4.69, 9.17) is 0 Å². The molecule has 0 aliphatic rings. The predicted octanol–water partition coefficient (Wildman–Crippen LogP) is 2.21. The van der Waals surface area contributed by atoms with Gasteiger partial charge in [0.2, 0.25) is 0 Å². The number of nitrogens with one attached hydrogen (secondary N) is 1. The Hall–Kier alpha value is -1.61. The summed E-state index contributed by atoms with van der Waals surface area (Å²) in [6.45, 7) is 4.99. The van der Waals surface area contributed by atoms with E-state index in [1.807, 2.05) is 18.7 Å². The number of benzene rings is 1. The van der Waals surface area contributed by atoms with Gasteiger partial charge < -0.3 is 5.32 Å². The Morgan fingerprint density at radius 1 is 1.31 bits per heavy atom. The van der Waals surface area contributed by atoms with Crippen molar-refractivity contribution in [2.24, 2.45) is 0 Å². The molecule has 0 unspecified atom stereocenters. The Kier molecular flexibility index (Phi) is 3.06. The minimum Gasteiger partial charge on any atom is -0.316 e. The smallest absolute Gasteiger partial charge is 0.0648 e. The molecule has 1 aromatic carbocycles. The first-order valence-electron chi connectivity index (χ1n) is 5.47. The van der Waals surface area contributed by atoms with Crippen molar-refractivity contribution in [2.45, 2.75) is 20.4 Å². The molecule has 0 radical (unpaired) electrons. The summed E-state index contributed by atoms with van der Waals surface area (Å²) >= 11 is 0. The number of hydrogen-bond acceptors (Lipinski definition) is 2. The van der Waals surface area contributed by atoms with Crippen molar-refractivity contribution in [3.05, 3.63) is 47.3 Å². The first kappa shape index (κ1) is 10.9. The van der Waals surface area contributed by atoms with Gasteiger partial charge >= 0.3 is 0 Å². The predicted molar refractivity (Wildman–Crippen MR) is 65.8 cm³/mol. The largest absolute Gasteiger partial charge is 0.316 e. The van der Waals surface area contributed by atoms with E-state index in [9.17, 15) is 0 Å². The second-order valence-corrected chi connectivity index (χ2v) is 4.05. The average molecular weight is 215 g/mol. The average Bonchev–Trinajstić information content (AvgIpc) is 2.61. The van der Waals surface area contributed by atoms with Crippen LogP contribution < -0.4 is 5.32 Å². The van der Waals surface area contributed by atoms with Crippen LogP contribution in [0.5, 0.6) is 0 Å². The van der Waals surface area contributed by atoms with Crippen LogP contribution in [0.4, 0.5) is 0 Å². The number of rotatable bonds is 3. The molecule has 0 aliphatic heterocycles. The molecular formula is C13H17N3. The van der Waals surface area contributed by atoms with Crippen LogP contribution in [0.15, 0.2) is 30.5 Å². The van der Waals surface area contributed by atoms with Gasteiger partial charge in [-0.05, 0) is 38.6 Å². The zero-order valence-electron chi connectivity index (χ0n) is 9.99. The third-order valence-corrected chi connectivity index (χ3v) is 2.63. The van der Waals surface area contributed by atoms with Gasteiger partial charge in [-0.25, -0.2) is 4.68 Å². The summed E-state index contributed by atoms with van der Waals surface area (Å²) in [4.78, 5) is 0. The van der Waals surface area contributed by atoms with Crippen LogP contribution >= 0.6 is 0 Å². The highest BCUT2D eigenvalue weighted by atomic mass is 15.3. The van der Waals surface area contributed by atoms with Gasteiger partial charge in [-0.3, -0.25) is 0 Å². The molecule has 1 aromatic heterocycles. The zero-order chi connectivity index (χ0) is 11.5. The van der Waals surface area contributed by atoms with Gasteiger partial charge in [0.05, 0.1) is 11.4 Å². The molecule has 0 amide bonds. The fourth-order valence-electron chi connectivity index (χ4n) is 1.76. The van der Waals surface area contributed by atoms with Crippen molar-refractivity contribution in [3.8, 4) is 5.69 Å². The van der Waals surface area contributed by atoms with Gasteiger partial charge in [-0.2, -0.15) is 5.10 Å². The molecule has 3 nitrogen and oxygen atoms in total. The Morgan fingerprint density at radius 3 is 2.81 bits per heavy atom. The van der Waals surface area contributed by atoms with E-state index in [-0.39, 0.29) is 0 Å². The standard InChI is InChI=1S/C13H17N3/c1-10-5-4-6-13(7-10)16-9-12(8-14-3)11(2)15-16/h4-7,9,14H,8H2,1-3H3. The molecule has 84 valence electrons. The molecule has 3 heteroatoms. The minimum absolute atomic E-state index is 0.859.